The third-order valence-electron chi connectivity index (χ3n) is 3.45. The van der Waals surface area contributed by atoms with Gasteiger partial charge in [0.15, 0.2) is 0 Å². The van der Waals surface area contributed by atoms with Crippen molar-refractivity contribution in [1.29, 1.82) is 0 Å². The van der Waals surface area contributed by atoms with Gasteiger partial charge in [0.05, 0.1) is 0 Å². The fourth-order valence-electron chi connectivity index (χ4n) is 2.12. The summed E-state index contributed by atoms with van der Waals surface area (Å²) in [6.45, 7) is 4.83. The summed E-state index contributed by atoms with van der Waals surface area (Å²) >= 11 is 0. The van der Waals surface area contributed by atoms with Crippen LogP contribution in [0.2, 0.25) is 0 Å². The van der Waals surface area contributed by atoms with Crippen LogP contribution in [0.1, 0.15) is 46.0 Å². The van der Waals surface area contributed by atoms with E-state index in [2.05, 4.69) is 5.32 Å². The number of amides is 1. The molecule has 3 unspecified atom stereocenters. The van der Waals surface area contributed by atoms with E-state index in [0.717, 1.165) is 25.8 Å². The predicted molar refractivity (Wildman–Crippen MR) is 69.6 cm³/mol. The number of rotatable bonds is 4. The summed E-state index contributed by atoms with van der Waals surface area (Å²) < 4.78 is 0. The Labute approximate surface area is 105 Å². The first kappa shape index (κ1) is 15.7. The fraction of sp³-hybridized carbons (Fsp3) is 0.917. The minimum absolute atomic E-state index is 0. The zero-order chi connectivity index (χ0) is 11.3. The summed E-state index contributed by atoms with van der Waals surface area (Å²) in [5.41, 5.74) is 5.90. The van der Waals surface area contributed by atoms with Crippen LogP contribution in [-0.2, 0) is 4.79 Å². The Kier molecular flexibility index (Phi) is 7.77. The Balaban J connectivity index is 0.00000225. The molecule has 0 saturated heterocycles. The molecule has 0 bridgehead atoms. The van der Waals surface area contributed by atoms with E-state index in [1.807, 2.05) is 13.8 Å². The molecule has 3 nitrogen and oxygen atoms in total. The maximum atomic E-state index is 11.6. The minimum Gasteiger partial charge on any atom is -0.356 e. The zero-order valence-electron chi connectivity index (χ0n) is 10.4. The van der Waals surface area contributed by atoms with E-state index in [0.29, 0.717) is 12.0 Å². The maximum absolute atomic E-state index is 11.6. The molecule has 3 atom stereocenters. The third-order valence-corrected chi connectivity index (χ3v) is 3.45. The first-order valence-electron chi connectivity index (χ1n) is 6.16. The van der Waals surface area contributed by atoms with Gasteiger partial charge in [0, 0.05) is 18.5 Å². The summed E-state index contributed by atoms with van der Waals surface area (Å²) in [6, 6.07) is 0.351. The highest BCUT2D eigenvalue weighted by Crippen LogP contribution is 2.22. The fourth-order valence-corrected chi connectivity index (χ4v) is 2.12. The van der Waals surface area contributed by atoms with Gasteiger partial charge in [-0.05, 0) is 31.6 Å². The highest BCUT2D eigenvalue weighted by atomic mass is 35.5. The molecule has 0 spiro atoms. The standard InChI is InChI=1S/C12H24N2O.ClH/c1-3-9(2)12(15)14-8-10-5-4-6-11(13)7-10;/h9-11H,3-8,13H2,1-2H3,(H,14,15);1H. The van der Waals surface area contributed by atoms with Crippen molar-refractivity contribution in [3.63, 3.8) is 0 Å². The number of nitrogens with two attached hydrogens (primary N) is 1. The second kappa shape index (κ2) is 7.91. The van der Waals surface area contributed by atoms with Crippen molar-refractivity contribution >= 4 is 18.3 Å². The van der Waals surface area contributed by atoms with Gasteiger partial charge in [-0.25, -0.2) is 0 Å². The normalized spacial score (nSPS) is 26.7. The molecule has 1 amide bonds. The zero-order valence-corrected chi connectivity index (χ0v) is 11.2. The average Bonchev–Trinajstić information content (AvgIpc) is 2.25. The van der Waals surface area contributed by atoms with Crippen LogP contribution in [-0.4, -0.2) is 18.5 Å². The lowest BCUT2D eigenvalue weighted by molar-refractivity contribution is -0.124. The Morgan fingerprint density at radius 3 is 2.75 bits per heavy atom. The van der Waals surface area contributed by atoms with Crippen molar-refractivity contribution in [1.82, 2.24) is 5.32 Å². The lowest BCUT2D eigenvalue weighted by Crippen LogP contribution is -2.37. The molecule has 96 valence electrons. The lowest BCUT2D eigenvalue weighted by Gasteiger charge is -2.27. The predicted octanol–water partition coefficient (Wildman–Crippen LogP) is 2.09. The molecular formula is C12H25ClN2O. The molecule has 1 saturated carbocycles. The second-order valence-corrected chi connectivity index (χ2v) is 4.85. The number of nitrogens with one attached hydrogen (secondary N) is 1. The summed E-state index contributed by atoms with van der Waals surface area (Å²) in [5.74, 6) is 0.931. The van der Waals surface area contributed by atoms with E-state index in [1.165, 1.54) is 12.8 Å². The molecule has 1 fully saturated rings. The van der Waals surface area contributed by atoms with Gasteiger partial charge in [0.1, 0.15) is 0 Å². The highest BCUT2D eigenvalue weighted by molar-refractivity contribution is 5.85. The molecular weight excluding hydrogens is 224 g/mol. The molecule has 0 aromatic carbocycles. The van der Waals surface area contributed by atoms with E-state index >= 15 is 0 Å². The topological polar surface area (TPSA) is 55.1 Å². The van der Waals surface area contributed by atoms with Gasteiger partial charge in [0.2, 0.25) is 5.91 Å². The Bertz CT molecular complexity index is 211. The summed E-state index contributed by atoms with van der Waals surface area (Å²) in [7, 11) is 0. The molecule has 0 heterocycles. The minimum atomic E-state index is 0. The number of hydrogen-bond acceptors (Lipinski definition) is 2. The van der Waals surface area contributed by atoms with E-state index < -0.39 is 0 Å². The molecule has 1 rings (SSSR count). The van der Waals surface area contributed by atoms with Crippen molar-refractivity contribution in [3.05, 3.63) is 0 Å². The van der Waals surface area contributed by atoms with Crippen LogP contribution in [0, 0.1) is 11.8 Å². The number of halogens is 1. The molecule has 4 heteroatoms. The van der Waals surface area contributed by atoms with Crippen molar-refractivity contribution in [3.8, 4) is 0 Å². The van der Waals surface area contributed by atoms with Gasteiger partial charge in [-0.3, -0.25) is 4.79 Å². The first-order chi connectivity index (χ1) is 7.13. The smallest absolute Gasteiger partial charge is 0.222 e. The van der Waals surface area contributed by atoms with Gasteiger partial charge in [0.25, 0.3) is 0 Å². The summed E-state index contributed by atoms with van der Waals surface area (Å²) in [4.78, 5) is 11.6. The molecule has 0 aromatic rings. The van der Waals surface area contributed by atoms with E-state index in [4.69, 9.17) is 5.73 Å². The Morgan fingerprint density at radius 1 is 1.50 bits per heavy atom. The van der Waals surface area contributed by atoms with Gasteiger partial charge in [-0.1, -0.05) is 20.3 Å². The van der Waals surface area contributed by atoms with Crippen LogP contribution < -0.4 is 11.1 Å². The van der Waals surface area contributed by atoms with Crippen molar-refractivity contribution in [2.75, 3.05) is 6.54 Å². The van der Waals surface area contributed by atoms with E-state index in [-0.39, 0.29) is 24.2 Å². The van der Waals surface area contributed by atoms with Crippen LogP contribution >= 0.6 is 12.4 Å². The molecule has 0 aromatic heterocycles. The van der Waals surface area contributed by atoms with Crippen LogP contribution in [0.3, 0.4) is 0 Å². The van der Waals surface area contributed by atoms with Gasteiger partial charge in [-0.2, -0.15) is 0 Å². The number of hydrogen-bond donors (Lipinski definition) is 2. The third kappa shape index (κ3) is 5.17. The van der Waals surface area contributed by atoms with Crippen molar-refractivity contribution in [2.45, 2.75) is 52.0 Å². The van der Waals surface area contributed by atoms with E-state index in [1.54, 1.807) is 0 Å². The van der Waals surface area contributed by atoms with Crippen LogP contribution in [0.4, 0.5) is 0 Å². The Hall–Kier alpha value is -0.280. The Morgan fingerprint density at radius 2 is 2.19 bits per heavy atom. The molecule has 0 aliphatic heterocycles. The van der Waals surface area contributed by atoms with Crippen LogP contribution in [0.25, 0.3) is 0 Å². The molecule has 1 aliphatic carbocycles. The second-order valence-electron chi connectivity index (χ2n) is 4.85. The van der Waals surface area contributed by atoms with Gasteiger partial charge < -0.3 is 11.1 Å². The molecule has 0 radical (unpaired) electrons. The highest BCUT2D eigenvalue weighted by Gasteiger charge is 2.20. The van der Waals surface area contributed by atoms with Crippen LogP contribution in [0.5, 0.6) is 0 Å². The summed E-state index contributed by atoms with van der Waals surface area (Å²) in [5, 5.41) is 3.03. The molecule has 1 aliphatic rings. The van der Waals surface area contributed by atoms with Gasteiger partial charge in [-0.15, -0.1) is 12.4 Å². The average molecular weight is 249 g/mol. The molecule has 16 heavy (non-hydrogen) atoms. The summed E-state index contributed by atoms with van der Waals surface area (Å²) in [6.07, 6.45) is 5.56. The van der Waals surface area contributed by atoms with Crippen LogP contribution in [0.15, 0.2) is 0 Å². The lowest BCUT2D eigenvalue weighted by atomic mass is 9.86. The van der Waals surface area contributed by atoms with E-state index in [9.17, 15) is 4.79 Å². The SMILES string of the molecule is CCC(C)C(=O)NCC1CCCC(N)C1.Cl. The first-order valence-corrected chi connectivity index (χ1v) is 6.16. The largest absolute Gasteiger partial charge is 0.356 e. The maximum Gasteiger partial charge on any atom is 0.222 e. The number of carbonyl (C=O) groups excluding carboxylic acids is 1. The monoisotopic (exact) mass is 248 g/mol. The quantitative estimate of drug-likeness (QED) is 0.801. The van der Waals surface area contributed by atoms with Crippen molar-refractivity contribution in [2.24, 2.45) is 17.6 Å². The van der Waals surface area contributed by atoms with Gasteiger partial charge >= 0.3 is 0 Å². The number of carbonyl (C=O) groups is 1. The molecule has 3 N–H and O–H groups in total. The van der Waals surface area contributed by atoms with Crippen molar-refractivity contribution < 1.29 is 4.79 Å².